The molecule has 0 rings (SSSR count). The Labute approximate surface area is 107 Å². The maximum atomic E-state index is 2.39. The zero-order chi connectivity index (χ0) is 10.5. The van der Waals surface area contributed by atoms with Crippen LogP contribution in [0, 0.1) is 0 Å². The molecular formula is C12H25IS. The Kier molecular flexibility index (Phi) is 15.2. The largest absolute Gasteiger partial charge is 0.0894 e. The second-order valence-corrected chi connectivity index (χ2v) is 6.49. The molecule has 14 heavy (non-hydrogen) atoms. The molecule has 0 aliphatic heterocycles. The summed E-state index contributed by atoms with van der Waals surface area (Å²) in [6, 6.07) is 0. The molecule has 0 fully saturated rings. The van der Waals surface area contributed by atoms with Gasteiger partial charge in [-0.05, 0) is 27.6 Å². The normalized spacial score (nSPS) is 10.7. The highest BCUT2D eigenvalue weighted by Crippen LogP contribution is 2.15. The van der Waals surface area contributed by atoms with E-state index >= 15 is 0 Å². The van der Waals surface area contributed by atoms with Crippen LogP contribution in [0.1, 0.15) is 71.1 Å². The van der Waals surface area contributed by atoms with E-state index in [1.54, 1.807) is 0 Å². The Morgan fingerprint density at radius 1 is 0.714 bits per heavy atom. The number of rotatable bonds is 11. The van der Waals surface area contributed by atoms with E-state index in [-0.39, 0.29) is 0 Å². The second kappa shape index (κ2) is 14.1. The minimum atomic E-state index is 1.34. The number of halogens is 1. The minimum Gasteiger partial charge on any atom is -0.0894 e. The molecule has 0 N–H and O–H groups in total. The van der Waals surface area contributed by atoms with Crippen LogP contribution in [0.15, 0.2) is 0 Å². The lowest BCUT2D eigenvalue weighted by Gasteiger charge is -2.01. The van der Waals surface area contributed by atoms with Gasteiger partial charge >= 0.3 is 0 Å². The van der Waals surface area contributed by atoms with E-state index in [4.69, 9.17) is 0 Å². The average molecular weight is 328 g/mol. The van der Waals surface area contributed by atoms with E-state index in [1.807, 2.05) is 8.93 Å². The Bertz CT molecular complexity index is 84.3. The van der Waals surface area contributed by atoms with Crippen LogP contribution in [-0.2, 0) is 0 Å². The maximum Gasteiger partial charge on any atom is 0.00334 e. The molecular weight excluding hydrogens is 303 g/mol. The van der Waals surface area contributed by atoms with Crippen LogP contribution in [0.5, 0.6) is 0 Å². The van der Waals surface area contributed by atoms with Crippen molar-refractivity contribution in [2.45, 2.75) is 71.1 Å². The van der Waals surface area contributed by atoms with Crippen molar-refractivity contribution in [1.29, 1.82) is 0 Å². The molecule has 0 aromatic carbocycles. The molecule has 0 aromatic heterocycles. The molecule has 0 unspecified atom stereocenters. The molecule has 0 saturated carbocycles. The Morgan fingerprint density at radius 3 is 1.57 bits per heavy atom. The fraction of sp³-hybridized carbons (Fsp3) is 1.00. The third-order valence-corrected chi connectivity index (χ3v) is 4.34. The van der Waals surface area contributed by atoms with E-state index in [0.717, 1.165) is 0 Å². The number of hydrogen-bond donors (Lipinski definition) is 0. The van der Waals surface area contributed by atoms with Gasteiger partial charge < -0.3 is 0 Å². The summed E-state index contributed by atoms with van der Waals surface area (Å²) in [4.78, 5) is 0. The molecule has 0 amide bonds. The molecule has 0 nitrogen and oxygen atoms in total. The Morgan fingerprint density at radius 2 is 1.14 bits per heavy atom. The van der Waals surface area contributed by atoms with Crippen molar-refractivity contribution in [2.24, 2.45) is 0 Å². The maximum absolute atomic E-state index is 2.39. The highest BCUT2D eigenvalue weighted by Gasteiger charge is 1.92. The lowest BCUT2D eigenvalue weighted by Crippen LogP contribution is -1.82. The van der Waals surface area contributed by atoms with Gasteiger partial charge in [0, 0.05) is 5.75 Å². The summed E-state index contributed by atoms with van der Waals surface area (Å²) < 4.78 is 0. The van der Waals surface area contributed by atoms with Gasteiger partial charge in [0.15, 0.2) is 0 Å². The lowest BCUT2D eigenvalue weighted by atomic mass is 10.1. The van der Waals surface area contributed by atoms with Crippen molar-refractivity contribution in [2.75, 3.05) is 5.75 Å². The second-order valence-electron chi connectivity index (χ2n) is 4.00. The van der Waals surface area contributed by atoms with Crippen molar-refractivity contribution in [3.05, 3.63) is 0 Å². The number of hydrogen-bond acceptors (Lipinski definition) is 1. The molecule has 0 aromatic rings. The van der Waals surface area contributed by atoms with Crippen molar-refractivity contribution < 1.29 is 0 Å². The predicted octanol–water partition coefficient (Wildman–Crippen LogP) is 5.99. The lowest BCUT2D eigenvalue weighted by molar-refractivity contribution is 0.563. The van der Waals surface area contributed by atoms with Gasteiger partial charge in [0.1, 0.15) is 0 Å². The third kappa shape index (κ3) is 13.1. The summed E-state index contributed by atoms with van der Waals surface area (Å²) >= 11 is 2.39. The molecule has 0 saturated heterocycles. The van der Waals surface area contributed by atoms with E-state index < -0.39 is 0 Å². The minimum absolute atomic E-state index is 1.34. The van der Waals surface area contributed by atoms with Crippen LogP contribution >= 0.6 is 30.1 Å². The van der Waals surface area contributed by atoms with Gasteiger partial charge in [0.25, 0.3) is 0 Å². The highest BCUT2D eigenvalue weighted by atomic mass is 127. The SMILES string of the molecule is CCCCCCCCCCCCSI. The summed E-state index contributed by atoms with van der Waals surface area (Å²) in [6.07, 6.45) is 14.5. The van der Waals surface area contributed by atoms with Gasteiger partial charge in [-0.2, -0.15) is 0 Å². The molecule has 0 atom stereocenters. The molecule has 0 heterocycles. The zero-order valence-corrected chi connectivity index (χ0v) is 12.5. The summed E-state index contributed by atoms with van der Waals surface area (Å²) in [6.45, 7) is 2.28. The van der Waals surface area contributed by atoms with Crippen molar-refractivity contribution >= 4 is 30.1 Å². The van der Waals surface area contributed by atoms with Gasteiger partial charge in [-0.3, -0.25) is 0 Å². The van der Waals surface area contributed by atoms with Crippen molar-refractivity contribution in [1.82, 2.24) is 0 Å². The smallest absolute Gasteiger partial charge is 0.00334 e. The summed E-state index contributed by atoms with van der Waals surface area (Å²) in [7, 11) is 1.95. The van der Waals surface area contributed by atoms with Crippen LogP contribution in [0.3, 0.4) is 0 Å². The third-order valence-electron chi connectivity index (χ3n) is 2.58. The van der Waals surface area contributed by atoms with Crippen LogP contribution < -0.4 is 0 Å². The molecule has 0 spiro atoms. The summed E-state index contributed by atoms with van der Waals surface area (Å²) in [5.74, 6) is 1.34. The molecule has 2 heteroatoms. The molecule has 0 radical (unpaired) electrons. The Balaban J connectivity index is 2.78. The van der Waals surface area contributed by atoms with Gasteiger partial charge in [-0.25, -0.2) is 0 Å². The fourth-order valence-corrected chi connectivity index (χ4v) is 2.89. The zero-order valence-electron chi connectivity index (χ0n) is 9.56. The van der Waals surface area contributed by atoms with Crippen LogP contribution in [0.2, 0.25) is 0 Å². The molecule has 86 valence electrons. The van der Waals surface area contributed by atoms with Crippen LogP contribution in [0.25, 0.3) is 0 Å². The van der Waals surface area contributed by atoms with Crippen molar-refractivity contribution in [3.63, 3.8) is 0 Å². The predicted molar refractivity (Wildman–Crippen MR) is 78.3 cm³/mol. The molecule has 0 bridgehead atoms. The van der Waals surface area contributed by atoms with Crippen molar-refractivity contribution in [3.8, 4) is 0 Å². The topological polar surface area (TPSA) is 0 Å². The standard InChI is InChI=1S/C12H25IS/c1-2-3-4-5-6-7-8-9-10-11-12-14-13/h2-12H2,1H3. The Hall–Kier alpha value is 1.08. The van der Waals surface area contributed by atoms with E-state index in [9.17, 15) is 0 Å². The van der Waals surface area contributed by atoms with E-state index in [2.05, 4.69) is 28.1 Å². The van der Waals surface area contributed by atoms with Crippen LogP contribution in [0.4, 0.5) is 0 Å². The van der Waals surface area contributed by atoms with Gasteiger partial charge in [0.05, 0.1) is 0 Å². The van der Waals surface area contributed by atoms with Gasteiger partial charge in [-0.15, -0.1) is 0 Å². The van der Waals surface area contributed by atoms with E-state index in [0.29, 0.717) is 0 Å². The van der Waals surface area contributed by atoms with Gasteiger partial charge in [-0.1, -0.05) is 73.6 Å². The molecule has 0 aliphatic rings. The van der Waals surface area contributed by atoms with Crippen LogP contribution in [-0.4, -0.2) is 5.75 Å². The first kappa shape index (κ1) is 15.1. The first-order chi connectivity index (χ1) is 6.91. The van der Waals surface area contributed by atoms with Gasteiger partial charge in [0.2, 0.25) is 0 Å². The quantitative estimate of drug-likeness (QED) is 0.331. The summed E-state index contributed by atoms with van der Waals surface area (Å²) in [5.41, 5.74) is 0. The summed E-state index contributed by atoms with van der Waals surface area (Å²) in [5, 5.41) is 0. The average Bonchev–Trinajstić information content (AvgIpc) is 2.21. The van der Waals surface area contributed by atoms with E-state index in [1.165, 1.54) is 70.0 Å². The first-order valence-corrected chi connectivity index (χ1v) is 9.68. The first-order valence-electron chi connectivity index (χ1n) is 6.15. The highest BCUT2D eigenvalue weighted by molar-refractivity contribution is 14.2. The molecule has 0 aliphatic carbocycles. The fourth-order valence-electron chi connectivity index (χ4n) is 1.64. The monoisotopic (exact) mass is 328 g/mol. The number of unbranched alkanes of at least 4 members (excludes halogenated alkanes) is 9.